The second-order valence-corrected chi connectivity index (χ2v) is 6.57. The fourth-order valence-electron chi connectivity index (χ4n) is 1.66. The highest BCUT2D eigenvalue weighted by atomic mass is 32.2. The highest BCUT2D eigenvalue weighted by molar-refractivity contribution is 7.92. The molecule has 1 rings (SSSR count). The number of hydrogen-bond acceptors (Lipinski definition) is 2. The van der Waals surface area contributed by atoms with Gasteiger partial charge in [-0.2, -0.15) is 0 Å². The molecule has 0 amide bonds. The lowest BCUT2D eigenvalue weighted by atomic mass is 9.95. The first-order chi connectivity index (χ1) is 8.29. The summed E-state index contributed by atoms with van der Waals surface area (Å²) in [5.41, 5.74) is 2.86. The van der Waals surface area contributed by atoms with Crippen molar-refractivity contribution >= 4 is 15.7 Å². The van der Waals surface area contributed by atoms with Crippen molar-refractivity contribution in [3.05, 3.63) is 42.0 Å². The molecule has 1 aromatic rings. The number of nitrogens with one attached hydrogen (secondary N) is 1. The third kappa shape index (κ3) is 4.92. The maximum atomic E-state index is 11.3. The Morgan fingerprint density at radius 2 is 2.00 bits per heavy atom. The standard InChI is InChI=1S/C14H21NO2S/c1-11(2)12(3)9-10-13-7-5-6-8-14(13)15-18(4,16)17/h5-8,12,15H,1,9-10H2,2-4H3. The summed E-state index contributed by atoms with van der Waals surface area (Å²) in [7, 11) is -3.22. The molecule has 0 radical (unpaired) electrons. The SMILES string of the molecule is C=C(C)C(C)CCc1ccccc1NS(C)(=O)=O. The van der Waals surface area contributed by atoms with Crippen LogP contribution < -0.4 is 4.72 Å². The van der Waals surface area contributed by atoms with Gasteiger partial charge in [-0.3, -0.25) is 4.72 Å². The smallest absolute Gasteiger partial charge is 0.229 e. The number of para-hydroxylation sites is 1. The quantitative estimate of drug-likeness (QED) is 0.804. The van der Waals surface area contributed by atoms with Crippen molar-refractivity contribution in [3.63, 3.8) is 0 Å². The van der Waals surface area contributed by atoms with Crippen LogP contribution in [0.5, 0.6) is 0 Å². The molecule has 1 aromatic carbocycles. The summed E-state index contributed by atoms with van der Waals surface area (Å²) < 4.78 is 25.1. The molecule has 1 unspecified atom stereocenters. The molecule has 3 nitrogen and oxygen atoms in total. The second-order valence-electron chi connectivity index (χ2n) is 4.82. The molecule has 1 N–H and O–H groups in total. The monoisotopic (exact) mass is 267 g/mol. The predicted octanol–water partition coefficient (Wildman–Crippen LogP) is 3.20. The van der Waals surface area contributed by atoms with Crippen LogP contribution in [0, 0.1) is 5.92 Å². The molecule has 18 heavy (non-hydrogen) atoms. The van der Waals surface area contributed by atoms with Gasteiger partial charge in [0.05, 0.1) is 11.9 Å². The van der Waals surface area contributed by atoms with Gasteiger partial charge in [-0.1, -0.05) is 37.3 Å². The lowest BCUT2D eigenvalue weighted by Gasteiger charge is -2.14. The minimum atomic E-state index is -3.22. The summed E-state index contributed by atoms with van der Waals surface area (Å²) in [4.78, 5) is 0. The Balaban J connectivity index is 2.80. The van der Waals surface area contributed by atoms with E-state index in [4.69, 9.17) is 0 Å². The first-order valence-electron chi connectivity index (χ1n) is 6.00. The number of rotatable bonds is 6. The number of benzene rings is 1. The van der Waals surface area contributed by atoms with Gasteiger partial charge in [0.1, 0.15) is 0 Å². The highest BCUT2D eigenvalue weighted by Gasteiger charge is 2.09. The predicted molar refractivity (Wildman–Crippen MR) is 77.2 cm³/mol. The van der Waals surface area contributed by atoms with Crippen molar-refractivity contribution < 1.29 is 8.42 Å². The van der Waals surface area contributed by atoms with Gasteiger partial charge in [0, 0.05) is 0 Å². The Morgan fingerprint density at radius 1 is 1.39 bits per heavy atom. The van der Waals surface area contributed by atoms with E-state index in [9.17, 15) is 8.42 Å². The maximum Gasteiger partial charge on any atom is 0.229 e. The Bertz CT molecular complexity index is 520. The van der Waals surface area contributed by atoms with Gasteiger partial charge in [-0.15, -0.1) is 0 Å². The normalized spacial score (nSPS) is 13.1. The average Bonchev–Trinajstić information content (AvgIpc) is 2.25. The van der Waals surface area contributed by atoms with E-state index >= 15 is 0 Å². The Morgan fingerprint density at radius 3 is 2.56 bits per heavy atom. The number of sulfonamides is 1. The number of anilines is 1. The van der Waals surface area contributed by atoms with E-state index in [0.29, 0.717) is 11.6 Å². The Hall–Kier alpha value is -1.29. The summed E-state index contributed by atoms with van der Waals surface area (Å²) in [5.74, 6) is 0.441. The molecule has 4 heteroatoms. The second kappa shape index (κ2) is 6.05. The molecular weight excluding hydrogens is 246 g/mol. The lowest BCUT2D eigenvalue weighted by molar-refractivity contribution is 0.606. The maximum absolute atomic E-state index is 11.3. The Labute approximate surface area is 110 Å². The number of aryl methyl sites for hydroxylation is 1. The van der Waals surface area contributed by atoms with Gasteiger partial charge < -0.3 is 0 Å². The number of hydrogen-bond donors (Lipinski definition) is 1. The molecule has 100 valence electrons. The fourth-order valence-corrected chi connectivity index (χ4v) is 2.25. The highest BCUT2D eigenvalue weighted by Crippen LogP contribution is 2.21. The topological polar surface area (TPSA) is 46.2 Å². The average molecular weight is 267 g/mol. The van der Waals surface area contributed by atoms with E-state index in [-0.39, 0.29) is 0 Å². The lowest BCUT2D eigenvalue weighted by Crippen LogP contribution is -2.11. The largest absolute Gasteiger partial charge is 0.284 e. The molecule has 0 saturated carbocycles. The van der Waals surface area contributed by atoms with Crippen LogP contribution in [-0.2, 0) is 16.4 Å². The zero-order valence-electron chi connectivity index (χ0n) is 11.2. The van der Waals surface area contributed by atoms with E-state index in [1.165, 1.54) is 6.26 Å². The van der Waals surface area contributed by atoms with Gasteiger partial charge in [-0.25, -0.2) is 8.42 Å². The molecule has 0 fully saturated rings. The van der Waals surface area contributed by atoms with Crippen LogP contribution >= 0.6 is 0 Å². The zero-order chi connectivity index (χ0) is 13.8. The van der Waals surface area contributed by atoms with Crippen molar-refractivity contribution in [1.29, 1.82) is 0 Å². The van der Waals surface area contributed by atoms with Gasteiger partial charge in [0.15, 0.2) is 0 Å². The van der Waals surface area contributed by atoms with E-state index in [2.05, 4.69) is 18.2 Å². The van der Waals surface area contributed by atoms with E-state index in [1.807, 2.05) is 25.1 Å². The zero-order valence-corrected chi connectivity index (χ0v) is 12.0. The van der Waals surface area contributed by atoms with Crippen LogP contribution in [0.25, 0.3) is 0 Å². The molecule has 0 aromatic heterocycles. The van der Waals surface area contributed by atoms with Crippen molar-refractivity contribution in [1.82, 2.24) is 0 Å². The van der Waals surface area contributed by atoms with Crippen molar-refractivity contribution in [2.75, 3.05) is 11.0 Å². The third-order valence-electron chi connectivity index (χ3n) is 3.00. The van der Waals surface area contributed by atoms with Crippen LogP contribution in [-0.4, -0.2) is 14.7 Å². The summed E-state index contributed by atoms with van der Waals surface area (Å²) in [6.45, 7) is 8.09. The van der Waals surface area contributed by atoms with Gasteiger partial charge in [0.25, 0.3) is 0 Å². The molecule has 0 aliphatic heterocycles. The molecule has 0 heterocycles. The molecule has 1 atom stereocenters. The van der Waals surface area contributed by atoms with Crippen LogP contribution in [0.2, 0.25) is 0 Å². The van der Waals surface area contributed by atoms with Crippen LogP contribution in [0.3, 0.4) is 0 Å². The van der Waals surface area contributed by atoms with E-state index < -0.39 is 10.0 Å². The number of allylic oxidation sites excluding steroid dienone is 1. The van der Waals surface area contributed by atoms with Crippen molar-refractivity contribution in [2.45, 2.75) is 26.7 Å². The molecule has 0 spiro atoms. The van der Waals surface area contributed by atoms with Gasteiger partial charge >= 0.3 is 0 Å². The molecule has 0 bridgehead atoms. The summed E-state index contributed by atoms with van der Waals surface area (Å²) in [6, 6.07) is 7.51. The molecule has 0 aliphatic carbocycles. The minimum Gasteiger partial charge on any atom is -0.284 e. The van der Waals surface area contributed by atoms with E-state index in [1.54, 1.807) is 6.07 Å². The van der Waals surface area contributed by atoms with Gasteiger partial charge in [0.2, 0.25) is 10.0 Å². The van der Waals surface area contributed by atoms with Crippen LogP contribution in [0.1, 0.15) is 25.8 Å². The molecular formula is C14H21NO2S. The first kappa shape index (κ1) is 14.8. The summed E-state index contributed by atoms with van der Waals surface area (Å²) in [5, 5.41) is 0. The molecule has 0 saturated heterocycles. The summed E-state index contributed by atoms with van der Waals surface area (Å²) >= 11 is 0. The fraction of sp³-hybridized carbons (Fsp3) is 0.429. The van der Waals surface area contributed by atoms with Crippen molar-refractivity contribution in [2.24, 2.45) is 5.92 Å². The van der Waals surface area contributed by atoms with Gasteiger partial charge in [-0.05, 0) is 37.3 Å². The Kier molecular flexibility index (Phi) is 4.96. The van der Waals surface area contributed by atoms with Crippen LogP contribution in [0.15, 0.2) is 36.4 Å². The first-order valence-corrected chi connectivity index (χ1v) is 7.90. The minimum absolute atomic E-state index is 0.441. The van der Waals surface area contributed by atoms with Crippen molar-refractivity contribution in [3.8, 4) is 0 Å². The third-order valence-corrected chi connectivity index (χ3v) is 3.59. The summed E-state index contributed by atoms with van der Waals surface area (Å²) in [6.07, 6.45) is 2.98. The molecule has 0 aliphatic rings. The van der Waals surface area contributed by atoms with Crippen LogP contribution in [0.4, 0.5) is 5.69 Å². The van der Waals surface area contributed by atoms with E-state index in [0.717, 1.165) is 24.0 Å².